The van der Waals surface area contributed by atoms with Crippen LogP contribution in [0.25, 0.3) is 0 Å². The van der Waals surface area contributed by atoms with E-state index in [2.05, 4.69) is 25.5 Å². The van der Waals surface area contributed by atoms with Crippen LogP contribution < -0.4 is 15.5 Å². The minimum Gasteiger partial charge on any atom is -0.357 e. The van der Waals surface area contributed by atoms with Crippen LogP contribution in [0.4, 0.5) is 5.82 Å². The van der Waals surface area contributed by atoms with Crippen molar-refractivity contribution in [2.45, 2.75) is 30.7 Å². The van der Waals surface area contributed by atoms with Crippen LogP contribution in [0.2, 0.25) is 5.02 Å². The lowest BCUT2D eigenvalue weighted by Crippen LogP contribution is -2.44. The van der Waals surface area contributed by atoms with Crippen molar-refractivity contribution in [1.29, 1.82) is 0 Å². The number of anilines is 1. The quantitative estimate of drug-likeness (QED) is 0.366. The van der Waals surface area contributed by atoms with E-state index in [9.17, 15) is 8.42 Å². The molecular formula is C21H28ClN5O2S. The number of nitrogens with zero attached hydrogens (tertiary/aromatic N) is 3. The molecule has 1 fully saturated rings. The molecular weight excluding hydrogens is 422 g/mol. The van der Waals surface area contributed by atoms with Crippen molar-refractivity contribution in [3.05, 3.63) is 53.7 Å². The fourth-order valence-electron chi connectivity index (χ4n) is 3.38. The van der Waals surface area contributed by atoms with Gasteiger partial charge >= 0.3 is 0 Å². The maximum atomic E-state index is 12.4. The first-order valence-corrected chi connectivity index (χ1v) is 12.2. The third kappa shape index (κ3) is 6.09. The van der Waals surface area contributed by atoms with Gasteiger partial charge in [-0.25, -0.2) is 13.4 Å². The molecule has 2 N–H and O–H groups in total. The molecule has 1 aliphatic rings. The molecule has 0 spiro atoms. The molecule has 2 heterocycles. The topological polar surface area (TPSA) is 86.7 Å². The van der Waals surface area contributed by atoms with Crippen LogP contribution in [-0.2, 0) is 9.84 Å². The highest BCUT2D eigenvalue weighted by molar-refractivity contribution is 7.91. The fourth-order valence-corrected chi connectivity index (χ4v) is 4.94. The average Bonchev–Trinajstić information content (AvgIpc) is 3.20. The van der Waals surface area contributed by atoms with Gasteiger partial charge in [0, 0.05) is 38.4 Å². The molecule has 1 aromatic carbocycles. The van der Waals surface area contributed by atoms with Crippen molar-refractivity contribution < 1.29 is 8.42 Å². The number of aromatic nitrogens is 1. The summed E-state index contributed by atoms with van der Waals surface area (Å²) in [5.74, 6) is 1.58. The van der Waals surface area contributed by atoms with Gasteiger partial charge in [0.2, 0.25) is 0 Å². The molecule has 0 bridgehead atoms. The van der Waals surface area contributed by atoms with E-state index in [1.54, 1.807) is 30.5 Å². The summed E-state index contributed by atoms with van der Waals surface area (Å²) in [4.78, 5) is 11.5. The molecule has 0 saturated carbocycles. The van der Waals surface area contributed by atoms with Crippen LogP contribution in [0.1, 0.15) is 19.8 Å². The van der Waals surface area contributed by atoms with Crippen LogP contribution in [0.15, 0.2) is 58.5 Å². The van der Waals surface area contributed by atoms with Gasteiger partial charge in [-0.1, -0.05) is 29.8 Å². The number of rotatable bonds is 8. The van der Waals surface area contributed by atoms with Gasteiger partial charge < -0.3 is 15.5 Å². The van der Waals surface area contributed by atoms with E-state index in [1.165, 1.54) is 0 Å². The predicted molar refractivity (Wildman–Crippen MR) is 122 cm³/mol. The Labute approximate surface area is 183 Å². The first kappa shape index (κ1) is 22.4. The highest BCUT2D eigenvalue weighted by atomic mass is 35.5. The minimum absolute atomic E-state index is 0.0787. The predicted octanol–water partition coefficient (Wildman–Crippen LogP) is 2.73. The van der Waals surface area contributed by atoms with E-state index in [4.69, 9.17) is 11.6 Å². The Bertz CT molecular complexity index is 953. The molecule has 162 valence electrons. The van der Waals surface area contributed by atoms with Crippen molar-refractivity contribution in [3.63, 3.8) is 0 Å². The summed E-state index contributed by atoms with van der Waals surface area (Å²) in [6.45, 7) is 4.82. The van der Waals surface area contributed by atoms with Crippen molar-refractivity contribution >= 4 is 33.2 Å². The molecule has 2 aromatic rings. The molecule has 1 aliphatic heterocycles. The normalized spacial score (nSPS) is 17.2. The smallest absolute Gasteiger partial charge is 0.191 e. The number of sulfone groups is 1. The summed E-state index contributed by atoms with van der Waals surface area (Å²) in [5.41, 5.74) is 0. The van der Waals surface area contributed by atoms with E-state index in [-0.39, 0.29) is 11.8 Å². The first-order valence-electron chi connectivity index (χ1n) is 10.2. The van der Waals surface area contributed by atoms with Crippen LogP contribution in [0.5, 0.6) is 0 Å². The Morgan fingerprint density at radius 2 is 2.07 bits per heavy atom. The van der Waals surface area contributed by atoms with E-state index in [0.717, 1.165) is 31.9 Å². The lowest BCUT2D eigenvalue weighted by atomic mass is 10.3. The van der Waals surface area contributed by atoms with Crippen molar-refractivity contribution in [2.75, 3.05) is 36.8 Å². The largest absolute Gasteiger partial charge is 0.357 e. The Balaban J connectivity index is 1.52. The zero-order chi connectivity index (χ0) is 21.4. The Morgan fingerprint density at radius 1 is 1.27 bits per heavy atom. The van der Waals surface area contributed by atoms with Crippen molar-refractivity contribution in [3.8, 4) is 0 Å². The lowest BCUT2D eigenvalue weighted by molar-refractivity contribution is 0.593. The zero-order valence-electron chi connectivity index (χ0n) is 17.1. The van der Waals surface area contributed by atoms with Gasteiger partial charge in [-0.2, -0.15) is 0 Å². The first-order chi connectivity index (χ1) is 14.5. The third-order valence-electron chi connectivity index (χ3n) is 4.86. The van der Waals surface area contributed by atoms with Gasteiger partial charge in [0.25, 0.3) is 0 Å². The number of nitrogens with one attached hydrogen (secondary N) is 2. The number of pyridine rings is 1. The zero-order valence-corrected chi connectivity index (χ0v) is 18.7. The van der Waals surface area contributed by atoms with Crippen LogP contribution >= 0.6 is 11.6 Å². The monoisotopic (exact) mass is 449 g/mol. The summed E-state index contributed by atoms with van der Waals surface area (Å²) in [5, 5.41) is 7.33. The van der Waals surface area contributed by atoms with Gasteiger partial charge in [0.15, 0.2) is 15.8 Å². The molecule has 0 amide bonds. The van der Waals surface area contributed by atoms with Gasteiger partial charge in [-0.15, -0.1) is 0 Å². The van der Waals surface area contributed by atoms with Crippen LogP contribution in [0.3, 0.4) is 0 Å². The number of guanidine groups is 1. The summed E-state index contributed by atoms with van der Waals surface area (Å²) in [6.07, 6.45) is 3.16. The average molecular weight is 450 g/mol. The van der Waals surface area contributed by atoms with E-state index in [0.29, 0.717) is 28.8 Å². The number of hydrogen-bond donors (Lipinski definition) is 2. The summed E-state index contributed by atoms with van der Waals surface area (Å²) in [6, 6.07) is 12.4. The highest BCUT2D eigenvalue weighted by Crippen LogP contribution is 2.25. The standard InChI is InChI=1S/C21H28ClN5O2S/c1-2-23-21(25-13-7-15-30(28,29)18-8-4-3-5-9-18)26-17-11-14-27(16-17)20-19(22)10-6-12-24-20/h3-6,8-10,12,17H,2,7,11,13-16H2,1H3,(H2,23,25,26). The number of halogens is 1. The molecule has 1 saturated heterocycles. The molecule has 0 aliphatic carbocycles. The number of aliphatic imine (C=N–C) groups is 1. The van der Waals surface area contributed by atoms with Crippen molar-refractivity contribution in [2.24, 2.45) is 4.99 Å². The molecule has 0 radical (unpaired) electrons. The maximum absolute atomic E-state index is 12.4. The van der Waals surface area contributed by atoms with Gasteiger partial charge in [-0.3, -0.25) is 4.99 Å². The summed E-state index contributed by atoms with van der Waals surface area (Å²) < 4.78 is 24.8. The van der Waals surface area contributed by atoms with Crippen LogP contribution in [-0.4, -0.2) is 57.3 Å². The van der Waals surface area contributed by atoms with E-state index in [1.807, 2.05) is 25.1 Å². The Kier molecular flexibility index (Phi) is 7.93. The fraction of sp³-hybridized carbons (Fsp3) is 0.429. The van der Waals surface area contributed by atoms with E-state index < -0.39 is 9.84 Å². The van der Waals surface area contributed by atoms with Gasteiger partial charge in [-0.05, 0) is 44.0 Å². The number of hydrogen-bond acceptors (Lipinski definition) is 5. The molecule has 1 aromatic heterocycles. The Hall–Kier alpha value is -2.32. The second kappa shape index (κ2) is 10.6. The SMILES string of the molecule is CCNC(=NCCCS(=O)(=O)c1ccccc1)NC1CCN(c2ncccc2Cl)C1. The maximum Gasteiger partial charge on any atom is 0.191 e. The minimum atomic E-state index is -3.27. The lowest BCUT2D eigenvalue weighted by Gasteiger charge is -2.20. The second-order valence-electron chi connectivity index (χ2n) is 7.13. The molecule has 1 atom stereocenters. The van der Waals surface area contributed by atoms with Gasteiger partial charge in [0.1, 0.15) is 5.82 Å². The highest BCUT2D eigenvalue weighted by Gasteiger charge is 2.25. The molecule has 1 unspecified atom stereocenters. The second-order valence-corrected chi connectivity index (χ2v) is 9.65. The molecule has 7 nitrogen and oxygen atoms in total. The van der Waals surface area contributed by atoms with E-state index >= 15 is 0 Å². The van der Waals surface area contributed by atoms with Crippen molar-refractivity contribution in [1.82, 2.24) is 15.6 Å². The van der Waals surface area contributed by atoms with Crippen LogP contribution in [0, 0.1) is 0 Å². The molecule has 30 heavy (non-hydrogen) atoms. The summed E-state index contributed by atoms with van der Waals surface area (Å²) in [7, 11) is -3.27. The Morgan fingerprint density at radius 3 is 2.80 bits per heavy atom. The van der Waals surface area contributed by atoms with Gasteiger partial charge in [0.05, 0.1) is 15.7 Å². The number of benzene rings is 1. The summed E-state index contributed by atoms with van der Waals surface area (Å²) >= 11 is 6.26. The molecule has 9 heteroatoms. The molecule has 3 rings (SSSR count). The third-order valence-corrected chi connectivity index (χ3v) is 6.97.